The van der Waals surface area contributed by atoms with Gasteiger partial charge in [0.05, 0.1) is 5.75 Å². The van der Waals surface area contributed by atoms with Crippen LogP contribution < -0.4 is 10.0 Å². The van der Waals surface area contributed by atoms with Crippen LogP contribution in [0.15, 0.2) is 0 Å². The average Bonchev–Trinajstić information content (AvgIpc) is 2.27. The zero-order valence-corrected chi connectivity index (χ0v) is 12.3. The Labute approximate surface area is 106 Å². The van der Waals surface area contributed by atoms with Gasteiger partial charge in [-0.3, -0.25) is 0 Å². The average molecular weight is 265 g/mol. The molecular formula is C11H27N3O2S. The monoisotopic (exact) mass is 265 g/mol. The molecule has 0 saturated heterocycles. The van der Waals surface area contributed by atoms with Gasteiger partial charge in [-0.15, -0.1) is 0 Å². The first-order chi connectivity index (χ1) is 7.93. The molecule has 6 heteroatoms. The van der Waals surface area contributed by atoms with E-state index >= 15 is 0 Å². The Kier molecular flexibility index (Phi) is 8.77. The van der Waals surface area contributed by atoms with Crippen molar-refractivity contribution < 1.29 is 8.42 Å². The van der Waals surface area contributed by atoms with Crippen LogP contribution >= 0.6 is 0 Å². The van der Waals surface area contributed by atoms with Gasteiger partial charge in [0.25, 0.3) is 0 Å². The summed E-state index contributed by atoms with van der Waals surface area (Å²) in [6.07, 6.45) is 1.07. The molecular weight excluding hydrogens is 238 g/mol. The number of likely N-dealkylation sites (N-methyl/N-ethyl adjacent to an activating group) is 1. The van der Waals surface area contributed by atoms with Gasteiger partial charge in [0.2, 0.25) is 10.0 Å². The number of rotatable bonds is 10. The Balaban J connectivity index is 3.79. The molecule has 5 nitrogen and oxygen atoms in total. The number of hydrogen-bond acceptors (Lipinski definition) is 4. The van der Waals surface area contributed by atoms with Crippen molar-refractivity contribution in [2.45, 2.75) is 33.2 Å². The fourth-order valence-electron chi connectivity index (χ4n) is 1.37. The lowest BCUT2D eigenvalue weighted by atomic mass is 10.2. The molecule has 0 aromatic heterocycles. The summed E-state index contributed by atoms with van der Waals surface area (Å²) < 4.78 is 25.7. The zero-order valence-electron chi connectivity index (χ0n) is 11.5. The minimum atomic E-state index is -3.12. The van der Waals surface area contributed by atoms with E-state index in [1.54, 1.807) is 0 Å². The Bertz CT molecular complexity index is 280. The molecule has 0 rings (SSSR count). The summed E-state index contributed by atoms with van der Waals surface area (Å²) in [5, 5.41) is 3.00. The zero-order chi connectivity index (χ0) is 13.3. The van der Waals surface area contributed by atoms with Crippen LogP contribution in [0.2, 0.25) is 0 Å². The molecule has 0 aliphatic carbocycles. The van der Waals surface area contributed by atoms with Crippen LogP contribution in [0.5, 0.6) is 0 Å². The summed E-state index contributed by atoms with van der Waals surface area (Å²) in [7, 11) is -1.11. The predicted octanol–water partition coefficient (Wildman–Crippen LogP) is 0.246. The minimum Gasteiger partial charge on any atom is -0.316 e. The van der Waals surface area contributed by atoms with Crippen molar-refractivity contribution in [3.8, 4) is 0 Å². The summed E-state index contributed by atoms with van der Waals surface area (Å²) in [6.45, 7) is 8.76. The van der Waals surface area contributed by atoms with Crippen molar-refractivity contribution in [1.82, 2.24) is 14.9 Å². The second-order valence-electron chi connectivity index (χ2n) is 4.30. The lowest BCUT2D eigenvalue weighted by molar-refractivity contribution is 0.256. The van der Waals surface area contributed by atoms with Crippen molar-refractivity contribution in [2.75, 3.05) is 39.0 Å². The van der Waals surface area contributed by atoms with Crippen LogP contribution in [-0.4, -0.2) is 58.3 Å². The van der Waals surface area contributed by atoms with Crippen molar-refractivity contribution in [2.24, 2.45) is 0 Å². The number of hydrogen-bond donors (Lipinski definition) is 2. The number of sulfonamides is 1. The first kappa shape index (κ1) is 16.8. The van der Waals surface area contributed by atoms with Gasteiger partial charge in [0.1, 0.15) is 0 Å². The maximum atomic E-state index is 11.6. The Morgan fingerprint density at radius 1 is 1.24 bits per heavy atom. The van der Waals surface area contributed by atoms with E-state index in [2.05, 4.69) is 28.8 Å². The molecule has 1 unspecified atom stereocenters. The summed E-state index contributed by atoms with van der Waals surface area (Å²) in [6, 6.07) is 0.487. The lowest BCUT2D eigenvalue weighted by Gasteiger charge is -2.23. The SMILES string of the molecule is CCNCCS(=O)(=O)NCCN(C)C(C)CC. The van der Waals surface area contributed by atoms with E-state index in [1.807, 2.05) is 14.0 Å². The van der Waals surface area contributed by atoms with E-state index in [-0.39, 0.29) is 5.75 Å². The van der Waals surface area contributed by atoms with Crippen LogP contribution in [-0.2, 0) is 10.0 Å². The molecule has 0 radical (unpaired) electrons. The highest BCUT2D eigenvalue weighted by Crippen LogP contribution is 1.98. The van der Waals surface area contributed by atoms with Crippen LogP contribution in [0.3, 0.4) is 0 Å². The normalized spacial score (nSPS) is 14.2. The van der Waals surface area contributed by atoms with Crippen LogP contribution in [0.4, 0.5) is 0 Å². The van der Waals surface area contributed by atoms with Crippen molar-refractivity contribution in [1.29, 1.82) is 0 Å². The van der Waals surface area contributed by atoms with Gasteiger partial charge in [-0.05, 0) is 26.9 Å². The standard InChI is InChI=1S/C11H27N3O2S/c1-5-11(3)14(4)9-7-13-17(15,16)10-8-12-6-2/h11-13H,5-10H2,1-4H3. The fraction of sp³-hybridized carbons (Fsp3) is 1.00. The molecule has 0 aliphatic heterocycles. The molecule has 0 bridgehead atoms. The molecule has 0 amide bonds. The van der Waals surface area contributed by atoms with E-state index in [0.29, 0.717) is 19.1 Å². The van der Waals surface area contributed by atoms with Crippen LogP contribution in [0.1, 0.15) is 27.2 Å². The Morgan fingerprint density at radius 2 is 1.88 bits per heavy atom. The van der Waals surface area contributed by atoms with E-state index in [0.717, 1.165) is 19.5 Å². The predicted molar refractivity (Wildman–Crippen MR) is 72.7 cm³/mol. The summed E-state index contributed by atoms with van der Waals surface area (Å²) in [5.74, 6) is 0.147. The topological polar surface area (TPSA) is 61.4 Å². The molecule has 0 heterocycles. The molecule has 0 spiro atoms. The molecule has 0 fully saturated rings. The van der Waals surface area contributed by atoms with Crippen LogP contribution in [0.25, 0.3) is 0 Å². The van der Waals surface area contributed by atoms with Gasteiger partial charge in [-0.25, -0.2) is 13.1 Å². The Hall–Kier alpha value is -0.170. The smallest absolute Gasteiger partial charge is 0.212 e. The van der Waals surface area contributed by atoms with Crippen molar-refractivity contribution >= 4 is 10.0 Å². The van der Waals surface area contributed by atoms with Crippen molar-refractivity contribution in [3.05, 3.63) is 0 Å². The number of nitrogens with zero attached hydrogens (tertiary/aromatic N) is 1. The van der Waals surface area contributed by atoms with Crippen molar-refractivity contribution in [3.63, 3.8) is 0 Å². The first-order valence-corrected chi connectivity index (χ1v) is 7.96. The molecule has 1 atom stereocenters. The molecule has 0 aromatic rings. The third-order valence-electron chi connectivity index (χ3n) is 2.93. The summed E-state index contributed by atoms with van der Waals surface area (Å²) >= 11 is 0. The second-order valence-corrected chi connectivity index (χ2v) is 6.23. The summed E-state index contributed by atoms with van der Waals surface area (Å²) in [4.78, 5) is 2.16. The minimum absolute atomic E-state index is 0.147. The second kappa shape index (κ2) is 8.85. The van der Waals surface area contributed by atoms with Gasteiger partial charge < -0.3 is 10.2 Å². The van der Waals surface area contributed by atoms with Gasteiger partial charge in [0, 0.05) is 25.7 Å². The Morgan fingerprint density at radius 3 is 2.41 bits per heavy atom. The van der Waals surface area contributed by atoms with Gasteiger partial charge >= 0.3 is 0 Å². The van der Waals surface area contributed by atoms with E-state index in [9.17, 15) is 8.42 Å². The van der Waals surface area contributed by atoms with E-state index in [4.69, 9.17) is 0 Å². The maximum absolute atomic E-state index is 11.6. The largest absolute Gasteiger partial charge is 0.316 e. The summed E-state index contributed by atoms with van der Waals surface area (Å²) in [5.41, 5.74) is 0. The molecule has 17 heavy (non-hydrogen) atoms. The maximum Gasteiger partial charge on any atom is 0.212 e. The lowest BCUT2D eigenvalue weighted by Crippen LogP contribution is -2.39. The molecule has 0 aromatic carbocycles. The third-order valence-corrected chi connectivity index (χ3v) is 4.31. The third kappa shape index (κ3) is 8.54. The highest BCUT2D eigenvalue weighted by molar-refractivity contribution is 7.89. The first-order valence-electron chi connectivity index (χ1n) is 6.31. The molecule has 104 valence electrons. The van der Waals surface area contributed by atoms with Gasteiger partial charge in [0.15, 0.2) is 0 Å². The van der Waals surface area contributed by atoms with E-state index < -0.39 is 10.0 Å². The highest BCUT2D eigenvalue weighted by atomic mass is 32.2. The fourth-order valence-corrected chi connectivity index (χ4v) is 2.32. The van der Waals surface area contributed by atoms with E-state index in [1.165, 1.54) is 0 Å². The molecule has 0 saturated carbocycles. The van der Waals surface area contributed by atoms with Gasteiger partial charge in [-0.2, -0.15) is 0 Å². The quantitative estimate of drug-likeness (QED) is 0.556. The van der Waals surface area contributed by atoms with Crippen LogP contribution in [0, 0.1) is 0 Å². The van der Waals surface area contributed by atoms with Gasteiger partial charge in [-0.1, -0.05) is 13.8 Å². The number of nitrogens with one attached hydrogen (secondary N) is 2. The molecule has 2 N–H and O–H groups in total. The molecule has 0 aliphatic rings. The highest BCUT2D eigenvalue weighted by Gasteiger charge is 2.10.